The Bertz CT molecular complexity index is 819. The smallest absolute Gasteiger partial charge is 0.118 e. The van der Waals surface area contributed by atoms with Gasteiger partial charge in [-0.05, 0) is 85.9 Å². The number of pyridine rings is 1. The van der Waals surface area contributed by atoms with Gasteiger partial charge in [0.15, 0.2) is 0 Å². The second-order valence-electron chi connectivity index (χ2n) is 8.34. The van der Waals surface area contributed by atoms with E-state index in [1.54, 1.807) is 25.4 Å². The first-order valence-corrected chi connectivity index (χ1v) is 9.50. The van der Waals surface area contributed by atoms with Crippen LogP contribution < -0.4 is 0 Å². The minimum absolute atomic E-state index is 0.177. The maximum absolute atomic E-state index is 11.6. The van der Waals surface area contributed by atoms with Crippen molar-refractivity contribution in [3.05, 3.63) is 59.4 Å². The lowest BCUT2D eigenvalue weighted by Crippen LogP contribution is -2.62. The van der Waals surface area contributed by atoms with Crippen LogP contribution in [0.4, 0.5) is 0 Å². The van der Waals surface area contributed by atoms with Crippen molar-refractivity contribution in [3.63, 3.8) is 0 Å². The SMILES string of the molecule is CC[C@@]12C[C@@](C)(O)[C@](O)(c3ccncc3)C[C@H]1CCc1cc(O)ccc12. The molecule has 4 rings (SSSR count). The third-order valence-corrected chi connectivity index (χ3v) is 7.05. The van der Waals surface area contributed by atoms with Crippen molar-refractivity contribution in [2.24, 2.45) is 5.92 Å². The molecule has 1 saturated carbocycles. The van der Waals surface area contributed by atoms with Gasteiger partial charge < -0.3 is 15.3 Å². The summed E-state index contributed by atoms with van der Waals surface area (Å²) in [6.45, 7) is 3.93. The Morgan fingerprint density at radius 1 is 1.15 bits per heavy atom. The number of aromatic nitrogens is 1. The van der Waals surface area contributed by atoms with E-state index in [-0.39, 0.29) is 11.3 Å². The van der Waals surface area contributed by atoms with Gasteiger partial charge in [-0.1, -0.05) is 13.0 Å². The summed E-state index contributed by atoms with van der Waals surface area (Å²) in [5.41, 5.74) is 0.420. The summed E-state index contributed by atoms with van der Waals surface area (Å²) in [6, 6.07) is 9.25. The number of phenols is 1. The summed E-state index contributed by atoms with van der Waals surface area (Å²) >= 11 is 0. The fraction of sp³-hybridized carbons (Fsp3) is 0.500. The summed E-state index contributed by atoms with van der Waals surface area (Å²) in [6.07, 6.45) is 7.11. The number of fused-ring (bicyclic) bond motifs is 3. The zero-order valence-electron chi connectivity index (χ0n) is 15.4. The highest BCUT2D eigenvalue weighted by molar-refractivity contribution is 5.44. The molecule has 2 aliphatic rings. The van der Waals surface area contributed by atoms with Gasteiger partial charge in [-0.2, -0.15) is 0 Å². The molecule has 1 fully saturated rings. The molecule has 1 aromatic heterocycles. The van der Waals surface area contributed by atoms with E-state index in [1.165, 1.54) is 11.1 Å². The van der Waals surface area contributed by atoms with Gasteiger partial charge >= 0.3 is 0 Å². The first-order valence-electron chi connectivity index (χ1n) is 9.50. The van der Waals surface area contributed by atoms with Crippen molar-refractivity contribution in [1.82, 2.24) is 4.98 Å². The molecular formula is C22H27NO3. The predicted molar refractivity (Wildman–Crippen MR) is 99.9 cm³/mol. The Balaban J connectivity index is 1.83. The quantitative estimate of drug-likeness (QED) is 0.773. The van der Waals surface area contributed by atoms with Gasteiger partial charge in [-0.15, -0.1) is 0 Å². The van der Waals surface area contributed by atoms with E-state index in [1.807, 2.05) is 24.3 Å². The third kappa shape index (κ3) is 2.32. The number of aryl methyl sites for hydroxylation is 1. The average Bonchev–Trinajstić information content (AvgIpc) is 2.63. The van der Waals surface area contributed by atoms with Crippen LogP contribution in [0.15, 0.2) is 42.7 Å². The summed E-state index contributed by atoms with van der Waals surface area (Å²) in [7, 11) is 0. The van der Waals surface area contributed by atoms with Gasteiger partial charge in [0.1, 0.15) is 11.4 Å². The van der Waals surface area contributed by atoms with E-state index in [9.17, 15) is 15.3 Å². The van der Waals surface area contributed by atoms with Gasteiger partial charge in [0.25, 0.3) is 0 Å². The van der Waals surface area contributed by atoms with Gasteiger partial charge in [-0.3, -0.25) is 4.98 Å². The van der Waals surface area contributed by atoms with Crippen LogP contribution in [0.1, 0.15) is 56.2 Å². The number of rotatable bonds is 2. The first kappa shape index (κ1) is 17.5. The third-order valence-electron chi connectivity index (χ3n) is 7.05. The number of aliphatic hydroxyl groups is 2. The maximum atomic E-state index is 11.6. The molecule has 0 spiro atoms. The second kappa shape index (κ2) is 5.80. The fourth-order valence-electron chi connectivity index (χ4n) is 5.63. The van der Waals surface area contributed by atoms with Crippen LogP contribution in [0.5, 0.6) is 5.75 Å². The van der Waals surface area contributed by atoms with Gasteiger partial charge in [0.05, 0.1) is 5.60 Å². The van der Waals surface area contributed by atoms with Crippen molar-refractivity contribution in [2.45, 2.75) is 62.6 Å². The molecule has 1 heterocycles. The predicted octanol–water partition coefficient (Wildman–Crippen LogP) is 3.43. The number of benzene rings is 1. The van der Waals surface area contributed by atoms with Crippen molar-refractivity contribution >= 4 is 0 Å². The van der Waals surface area contributed by atoms with Crippen molar-refractivity contribution in [1.29, 1.82) is 0 Å². The summed E-state index contributed by atoms with van der Waals surface area (Å²) < 4.78 is 0. The van der Waals surface area contributed by atoms with E-state index in [4.69, 9.17) is 0 Å². The molecule has 0 amide bonds. The number of nitrogens with zero attached hydrogens (tertiary/aromatic N) is 1. The highest BCUT2D eigenvalue weighted by Crippen LogP contribution is 2.60. The number of hydrogen-bond donors (Lipinski definition) is 3. The second-order valence-corrected chi connectivity index (χ2v) is 8.34. The van der Waals surface area contributed by atoms with E-state index >= 15 is 0 Å². The van der Waals surface area contributed by atoms with E-state index in [0.717, 1.165) is 24.8 Å². The zero-order chi connectivity index (χ0) is 18.6. The molecule has 0 bridgehead atoms. The molecule has 1 aromatic carbocycles. The van der Waals surface area contributed by atoms with Gasteiger partial charge in [0.2, 0.25) is 0 Å². The molecule has 2 aliphatic carbocycles. The molecule has 4 heteroatoms. The van der Waals surface area contributed by atoms with Crippen LogP contribution in [-0.4, -0.2) is 25.9 Å². The highest BCUT2D eigenvalue weighted by atomic mass is 16.4. The molecule has 4 nitrogen and oxygen atoms in total. The Morgan fingerprint density at radius 3 is 2.58 bits per heavy atom. The van der Waals surface area contributed by atoms with Crippen molar-refractivity contribution in [3.8, 4) is 5.75 Å². The number of hydrogen-bond acceptors (Lipinski definition) is 4. The molecule has 4 atom stereocenters. The van der Waals surface area contributed by atoms with Crippen molar-refractivity contribution < 1.29 is 15.3 Å². The van der Waals surface area contributed by atoms with Crippen LogP contribution in [0.3, 0.4) is 0 Å². The van der Waals surface area contributed by atoms with Crippen LogP contribution >= 0.6 is 0 Å². The Hall–Kier alpha value is -1.91. The standard InChI is InChI=1S/C22H27NO3/c1-3-21-14-20(2,25)22(26,16-8-10-23-11-9-16)13-17(21)5-4-15-12-18(24)6-7-19(15)21/h6-12,17,24-26H,3-5,13-14H2,1-2H3/t17-,20-,21-,22-/m1/s1. The van der Waals surface area contributed by atoms with Crippen LogP contribution in [0.25, 0.3) is 0 Å². The van der Waals surface area contributed by atoms with E-state index in [0.29, 0.717) is 18.6 Å². The fourth-order valence-corrected chi connectivity index (χ4v) is 5.63. The zero-order valence-corrected chi connectivity index (χ0v) is 15.4. The number of aromatic hydroxyl groups is 1. The monoisotopic (exact) mass is 353 g/mol. The lowest BCUT2D eigenvalue weighted by atomic mass is 9.49. The van der Waals surface area contributed by atoms with Crippen LogP contribution in [0.2, 0.25) is 0 Å². The summed E-state index contributed by atoms with van der Waals surface area (Å²) in [5.74, 6) is 0.576. The van der Waals surface area contributed by atoms with Gasteiger partial charge in [-0.25, -0.2) is 0 Å². The lowest BCUT2D eigenvalue weighted by Gasteiger charge is -2.59. The average molecular weight is 353 g/mol. The van der Waals surface area contributed by atoms with E-state index in [2.05, 4.69) is 11.9 Å². The molecule has 26 heavy (non-hydrogen) atoms. The van der Waals surface area contributed by atoms with Crippen molar-refractivity contribution in [2.75, 3.05) is 0 Å². The maximum Gasteiger partial charge on any atom is 0.118 e. The molecule has 138 valence electrons. The Labute approximate surface area is 154 Å². The first-order chi connectivity index (χ1) is 12.3. The van der Waals surface area contributed by atoms with Gasteiger partial charge in [0, 0.05) is 17.8 Å². The molecule has 3 N–H and O–H groups in total. The summed E-state index contributed by atoms with van der Waals surface area (Å²) in [4.78, 5) is 4.05. The minimum Gasteiger partial charge on any atom is -0.508 e. The molecule has 0 unspecified atom stereocenters. The largest absolute Gasteiger partial charge is 0.508 e. The molecule has 0 radical (unpaired) electrons. The highest BCUT2D eigenvalue weighted by Gasteiger charge is 2.60. The normalized spacial score (nSPS) is 36.2. The van der Waals surface area contributed by atoms with Crippen LogP contribution in [-0.2, 0) is 17.4 Å². The lowest BCUT2D eigenvalue weighted by molar-refractivity contribution is -0.205. The molecule has 0 saturated heterocycles. The molecule has 2 aromatic rings. The molecule has 0 aliphatic heterocycles. The molecular weight excluding hydrogens is 326 g/mol. The summed E-state index contributed by atoms with van der Waals surface area (Å²) in [5, 5.41) is 32.9. The Morgan fingerprint density at radius 2 is 1.88 bits per heavy atom. The topological polar surface area (TPSA) is 73.6 Å². The minimum atomic E-state index is -1.28. The van der Waals surface area contributed by atoms with E-state index < -0.39 is 11.2 Å². The Kier molecular flexibility index (Phi) is 3.90. The number of phenolic OH excluding ortho intramolecular Hbond substituents is 1. The van der Waals surface area contributed by atoms with Crippen LogP contribution in [0, 0.1) is 5.92 Å².